The van der Waals surface area contributed by atoms with Crippen LogP contribution < -0.4 is 0 Å². The molecular weight excluding hydrogens is 158 g/mol. The third kappa shape index (κ3) is 1.39. The highest BCUT2D eigenvalue weighted by Gasteiger charge is 2.24. The maximum absolute atomic E-state index is 4.44. The first kappa shape index (κ1) is 8.49. The van der Waals surface area contributed by atoms with Crippen molar-refractivity contribution in [3.8, 4) is 0 Å². The molecule has 2 rings (SSSR count). The summed E-state index contributed by atoms with van der Waals surface area (Å²) in [5.41, 5.74) is 4.19. The van der Waals surface area contributed by atoms with Crippen LogP contribution >= 0.6 is 0 Å². The summed E-state index contributed by atoms with van der Waals surface area (Å²) in [4.78, 5) is 4.44. The van der Waals surface area contributed by atoms with Crippen LogP contribution in [0.25, 0.3) is 5.57 Å². The monoisotopic (exact) mass is 173 g/mol. The summed E-state index contributed by atoms with van der Waals surface area (Å²) in [7, 11) is 0. The van der Waals surface area contributed by atoms with Gasteiger partial charge >= 0.3 is 0 Å². The molecule has 0 atom stereocenters. The number of pyridine rings is 1. The Kier molecular flexibility index (Phi) is 1.76. The average Bonchev–Trinajstić information content (AvgIpc) is 2.45. The molecule has 1 aliphatic carbocycles. The number of hydrogen-bond donors (Lipinski definition) is 0. The first-order chi connectivity index (χ1) is 6.09. The van der Waals surface area contributed by atoms with E-state index in [-0.39, 0.29) is 5.41 Å². The molecule has 0 aliphatic heterocycles. The molecule has 0 bridgehead atoms. The van der Waals surface area contributed by atoms with Gasteiger partial charge in [-0.1, -0.05) is 32.9 Å². The van der Waals surface area contributed by atoms with Crippen LogP contribution in [0.1, 0.15) is 32.0 Å². The van der Waals surface area contributed by atoms with E-state index < -0.39 is 0 Å². The van der Waals surface area contributed by atoms with Gasteiger partial charge in [0.15, 0.2) is 0 Å². The zero-order valence-corrected chi connectivity index (χ0v) is 8.46. The number of fused-ring (bicyclic) bond motifs is 1. The largest absolute Gasteiger partial charge is 0.256 e. The molecule has 0 N–H and O–H groups in total. The molecule has 0 unspecified atom stereocenters. The van der Waals surface area contributed by atoms with E-state index in [1.54, 1.807) is 0 Å². The second kappa shape index (κ2) is 2.69. The third-order valence-corrected chi connectivity index (χ3v) is 2.48. The molecule has 1 nitrogen and oxygen atoms in total. The summed E-state index contributed by atoms with van der Waals surface area (Å²) in [6.07, 6.45) is 5.23. The molecule has 1 aromatic rings. The van der Waals surface area contributed by atoms with Crippen LogP contribution in [0.2, 0.25) is 0 Å². The highest BCUT2D eigenvalue weighted by molar-refractivity contribution is 5.73. The van der Waals surface area contributed by atoms with Gasteiger partial charge in [0.1, 0.15) is 0 Å². The normalized spacial score (nSPS) is 15.5. The fourth-order valence-corrected chi connectivity index (χ4v) is 1.82. The first-order valence-electron chi connectivity index (χ1n) is 4.74. The molecule has 1 heterocycles. The van der Waals surface area contributed by atoms with Gasteiger partial charge in [-0.25, -0.2) is 0 Å². The number of rotatable bonds is 0. The zero-order chi connectivity index (χ0) is 9.47. The molecule has 1 aliphatic rings. The molecular formula is C12H15N. The Labute approximate surface area is 79.5 Å². The lowest BCUT2D eigenvalue weighted by Crippen LogP contribution is -2.08. The first-order valence-corrected chi connectivity index (χ1v) is 4.74. The van der Waals surface area contributed by atoms with Crippen molar-refractivity contribution in [3.63, 3.8) is 0 Å². The number of nitrogens with zero attached hydrogens (tertiary/aromatic N) is 1. The van der Waals surface area contributed by atoms with Gasteiger partial charge in [0.05, 0.1) is 5.69 Å². The van der Waals surface area contributed by atoms with Crippen LogP contribution in [0.5, 0.6) is 0 Å². The van der Waals surface area contributed by atoms with Crippen LogP contribution in [0, 0.1) is 5.41 Å². The molecule has 0 spiro atoms. The van der Waals surface area contributed by atoms with Crippen LogP contribution in [-0.4, -0.2) is 4.98 Å². The van der Waals surface area contributed by atoms with Crippen molar-refractivity contribution in [2.24, 2.45) is 5.41 Å². The van der Waals surface area contributed by atoms with Crippen molar-refractivity contribution in [2.75, 3.05) is 0 Å². The Morgan fingerprint density at radius 1 is 1.31 bits per heavy atom. The summed E-state index contributed by atoms with van der Waals surface area (Å²) < 4.78 is 0. The van der Waals surface area contributed by atoms with Gasteiger partial charge in [-0.2, -0.15) is 0 Å². The highest BCUT2D eigenvalue weighted by Crippen LogP contribution is 2.38. The van der Waals surface area contributed by atoms with Gasteiger partial charge in [0.25, 0.3) is 0 Å². The Morgan fingerprint density at radius 3 is 2.77 bits per heavy atom. The number of aromatic nitrogens is 1. The quantitative estimate of drug-likeness (QED) is 0.587. The second-order valence-corrected chi connectivity index (χ2v) is 4.58. The number of allylic oxidation sites excluding steroid dienone is 2. The minimum Gasteiger partial charge on any atom is -0.256 e. The smallest absolute Gasteiger partial charge is 0.0698 e. The maximum atomic E-state index is 4.44. The van der Waals surface area contributed by atoms with Crippen molar-refractivity contribution >= 4 is 5.57 Å². The van der Waals surface area contributed by atoms with E-state index in [4.69, 9.17) is 0 Å². The van der Waals surface area contributed by atoms with Crippen molar-refractivity contribution in [1.82, 2.24) is 4.98 Å². The van der Waals surface area contributed by atoms with Gasteiger partial charge in [0.2, 0.25) is 0 Å². The molecule has 0 saturated heterocycles. The predicted molar refractivity (Wildman–Crippen MR) is 55.4 cm³/mol. The van der Waals surface area contributed by atoms with Gasteiger partial charge in [0, 0.05) is 6.20 Å². The second-order valence-electron chi connectivity index (χ2n) is 4.58. The van der Waals surface area contributed by atoms with Crippen molar-refractivity contribution in [1.29, 1.82) is 0 Å². The Bertz CT molecular complexity index is 356. The van der Waals surface area contributed by atoms with Crippen LogP contribution in [0.3, 0.4) is 0 Å². The van der Waals surface area contributed by atoms with Crippen molar-refractivity contribution < 1.29 is 0 Å². The number of hydrogen-bond acceptors (Lipinski definition) is 1. The van der Waals surface area contributed by atoms with E-state index in [9.17, 15) is 0 Å². The predicted octanol–water partition coefficient (Wildman–Crippen LogP) is 3.07. The summed E-state index contributed by atoms with van der Waals surface area (Å²) in [6, 6.07) is 4.18. The third-order valence-electron chi connectivity index (χ3n) is 2.48. The highest BCUT2D eigenvalue weighted by atomic mass is 14.7. The van der Waals surface area contributed by atoms with Crippen LogP contribution in [-0.2, 0) is 6.42 Å². The van der Waals surface area contributed by atoms with Crippen LogP contribution in [0.4, 0.5) is 0 Å². The summed E-state index contributed by atoms with van der Waals surface area (Å²) >= 11 is 0. The molecule has 68 valence electrons. The standard InChI is InChI=1S/C12H15N/c1-12(2,3)10-7-6-9-5-4-8-13-11(9)10/h4-5,7-8H,6H2,1-3H3. The lowest BCUT2D eigenvalue weighted by Gasteiger charge is -2.20. The molecule has 0 fully saturated rings. The zero-order valence-electron chi connectivity index (χ0n) is 8.46. The summed E-state index contributed by atoms with van der Waals surface area (Å²) in [5.74, 6) is 0. The van der Waals surface area contributed by atoms with E-state index in [1.165, 1.54) is 16.8 Å². The molecule has 0 amide bonds. The lowest BCUT2D eigenvalue weighted by atomic mass is 9.85. The van der Waals surface area contributed by atoms with Gasteiger partial charge in [-0.05, 0) is 29.0 Å². The fraction of sp³-hybridized carbons (Fsp3) is 0.417. The van der Waals surface area contributed by atoms with Crippen molar-refractivity contribution in [3.05, 3.63) is 35.7 Å². The van der Waals surface area contributed by atoms with E-state index in [0.29, 0.717) is 0 Å². The average molecular weight is 173 g/mol. The topological polar surface area (TPSA) is 12.9 Å². The van der Waals surface area contributed by atoms with E-state index >= 15 is 0 Å². The minimum absolute atomic E-state index is 0.222. The maximum Gasteiger partial charge on any atom is 0.0698 e. The fourth-order valence-electron chi connectivity index (χ4n) is 1.82. The lowest BCUT2D eigenvalue weighted by molar-refractivity contribution is 0.565. The Hall–Kier alpha value is -1.11. The van der Waals surface area contributed by atoms with Crippen molar-refractivity contribution in [2.45, 2.75) is 27.2 Å². The molecule has 0 saturated carbocycles. The van der Waals surface area contributed by atoms with E-state index in [2.05, 4.69) is 37.9 Å². The summed E-state index contributed by atoms with van der Waals surface area (Å²) in [5, 5.41) is 0. The Morgan fingerprint density at radius 2 is 2.08 bits per heavy atom. The van der Waals surface area contributed by atoms with Gasteiger partial charge in [-0.3, -0.25) is 4.98 Å². The van der Waals surface area contributed by atoms with E-state index in [0.717, 1.165) is 6.42 Å². The summed E-state index contributed by atoms with van der Waals surface area (Å²) in [6.45, 7) is 6.72. The Balaban J connectivity index is 2.48. The molecule has 1 aromatic heterocycles. The molecule has 1 heteroatoms. The minimum atomic E-state index is 0.222. The SMILES string of the molecule is CC(C)(C)C1=CCc2cccnc21. The van der Waals surface area contributed by atoms with E-state index in [1.807, 2.05) is 12.3 Å². The molecule has 13 heavy (non-hydrogen) atoms. The molecule has 0 radical (unpaired) electrons. The molecule has 0 aromatic carbocycles. The van der Waals surface area contributed by atoms with Crippen LogP contribution in [0.15, 0.2) is 24.4 Å². The van der Waals surface area contributed by atoms with Gasteiger partial charge < -0.3 is 0 Å². The van der Waals surface area contributed by atoms with Gasteiger partial charge in [-0.15, -0.1) is 0 Å².